The van der Waals surface area contributed by atoms with Crippen LogP contribution in [0.5, 0.6) is 17.2 Å². The number of nitrogens with one attached hydrogen (secondary N) is 1. The van der Waals surface area contributed by atoms with Gasteiger partial charge in [0.15, 0.2) is 11.5 Å². The van der Waals surface area contributed by atoms with Crippen LogP contribution in [-0.2, 0) is 14.9 Å². The third kappa shape index (κ3) is 4.92. The van der Waals surface area contributed by atoms with Crippen molar-refractivity contribution in [3.8, 4) is 17.2 Å². The Morgan fingerprint density at radius 3 is 2.41 bits per heavy atom. The summed E-state index contributed by atoms with van der Waals surface area (Å²) in [6.07, 6.45) is 5.08. The number of carbonyl (C=O) groups is 1. The molecule has 3 rings (SSSR count). The van der Waals surface area contributed by atoms with Gasteiger partial charge in [-0.15, -0.1) is 11.3 Å². The van der Waals surface area contributed by atoms with E-state index in [1.165, 1.54) is 11.0 Å². The molecule has 0 unspecified atom stereocenters. The molecule has 1 aromatic heterocycles. The van der Waals surface area contributed by atoms with Gasteiger partial charge in [-0.25, -0.2) is 0 Å². The van der Waals surface area contributed by atoms with E-state index in [1.54, 1.807) is 50.9 Å². The normalized spacial score (nSPS) is 15.8. The van der Waals surface area contributed by atoms with Crippen molar-refractivity contribution in [2.75, 3.05) is 41.1 Å². The third-order valence-electron chi connectivity index (χ3n) is 5.21. The van der Waals surface area contributed by atoms with E-state index in [0.717, 1.165) is 31.6 Å². The number of rotatable bonds is 8. The Kier molecular flexibility index (Phi) is 7.17. The van der Waals surface area contributed by atoms with Gasteiger partial charge in [0.05, 0.1) is 21.3 Å². The van der Waals surface area contributed by atoms with E-state index in [-0.39, 0.29) is 11.3 Å². The molecule has 2 heterocycles. The molecule has 6 nitrogen and oxygen atoms in total. The monoisotopic (exact) mass is 417 g/mol. The van der Waals surface area contributed by atoms with Crippen LogP contribution < -0.4 is 19.5 Å². The second-order valence-electron chi connectivity index (χ2n) is 6.88. The van der Waals surface area contributed by atoms with E-state index < -0.39 is 0 Å². The summed E-state index contributed by atoms with van der Waals surface area (Å²) in [7, 11) is 4.69. The van der Waals surface area contributed by atoms with Gasteiger partial charge in [0.25, 0.3) is 0 Å². The first-order chi connectivity index (χ1) is 14.1. The minimum Gasteiger partial charge on any atom is -0.493 e. The zero-order valence-corrected chi connectivity index (χ0v) is 17.8. The summed E-state index contributed by atoms with van der Waals surface area (Å²) in [5.74, 6) is 1.48. The topological polar surface area (TPSA) is 66.0 Å². The van der Waals surface area contributed by atoms with Crippen LogP contribution in [-0.4, -0.2) is 47.0 Å². The van der Waals surface area contributed by atoms with Crippen molar-refractivity contribution in [3.63, 3.8) is 0 Å². The summed E-state index contributed by atoms with van der Waals surface area (Å²) in [5, 5.41) is 5.15. The second-order valence-corrected chi connectivity index (χ2v) is 7.83. The van der Waals surface area contributed by atoms with Crippen LogP contribution in [0.2, 0.25) is 0 Å². The molecule has 1 aliphatic heterocycles. The maximum absolute atomic E-state index is 12.5. The standard InChI is InChI=1S/C22H27NO5S/c1-25-17-13-16(14-18(26-2)21(17)27-3)6-7-20(24)23-15-22(8-10-28-11-9-22)19-5-4-12-29-19/h4-7,12-14H,8-11,15H2,1-3H3,(H,23,24)/b7-6+. The Morgan fingerprint density at radius 1 is 1.17 bits per heavy atom. The fourth-order valence-corrected chi connectivity index (χ4v) is 4.52. The molecular formula is C22H27NO5S. The predicted molar refractivity (Wildman–Crippen MR) is 114 cm³/mol. The molecule has 1 fully saturated rings. The van der Waals surface area contributed by atoms with E-state index >= 15 is 0 Å². The minimum absolute atomic E-state index is 0.0531. The lowest BCUT2D eigenvalue weighted by atomic mass is 9.78. The molecule has 0 atom stereocenters. The van der Waals surface area contributed by atoms with Gasteiger partial charge in [-0.2, -0.15) is 0 Å². The Morgan fingerprint density at radius 2 is 1.86 bits per heavy atom. The first-order valence-electron chi connectivity index (χ1n) is 9.49. The largest absolute Gasteiger partial charge is 0.493 e. The number of ether oxygens (including phenoxy) is 4. The molecule has 0 bridgehead atoms. The molecule has 1 aromatic carbocycles. The van der Waals surface area contributed by atoms with E-state index in [2.05, 4.69) is 22.8 Å². The van der Waals surface area contributed by atoms with Crippen LogP contribution in [0.15, 0.2) is 35.7 Å². The quantitative estimate of drug-likeness (QED) is 0.664. The Labute approximate surface area is 175 Å². The van der Waals surface area contributed by atoms with Gasteiger partial charge in [-0.3, -0.25) is 4.79 Å². The van der Waals surface area contributed by atoms with Crippen LogP contribution in [0, 0.1) is 0 Å². The molecule has 0 spiro atoms. The van der Waals surface area contributed by atoms with Gasteiger partial charge >= 0.3 is 0 Å². The summed E-state index contributed by atoms with van der Waals surface area (Å²) in [4.78, 5) is 13.8. The van der Waals surface area contributed by atoms with Crippen molar-refractivity contribution in [1.82, 2.24) is 5.32 Å². The highest BCUT2D eigenvalue weighted by Crippen LogP contribution is 2.39. The summed E-state index contributed by atoms with van der Waals surface area (Å²) >= 11 is 1.74. The van der Waals surface area contributed by atoms with Gasteiger partial charge in [-0.1, -0.05) is 6.07 Å². The van der Waals surface area contributed by atoms with Crippen molar-refractivity contribution in [1.29, 1.82) is 0 Å². The number of carbonyl (C=O) groups excluding carboxylic acids is 1. The summed E-state index contributed by atoms with van der Waals surface area (Å²) in [6, 6.07) is 7.81. The molecule has 7 heteroatoms. The first-order valence-corrected chi connectivity index (χ1v) is 10.4. The highest BCUT2D eigenvalue weighted by atomic mass is 32.1. The smallest absolute Gasteiger partial charge is 0.244 e. The fourth-order valence-electron chi connectivity index (χ4n) is 3.54. The van der Waals surface area contributed by atoms with Crippen LogP contribution in [0.3, 0.4) is 0 Å². The molecule has 29 heavy (non-hydrogen) atoms. The van der Waals surface area contributed by atoms with Crippen molar-refractivity contribution < 1.29 is 23.7 Å². The van der Waals surface area contributed by atoms with Crippen LogP contribution in [0.4, 0.5) is 0 Å². The molecule has 156 valence electrons. The van der Waals surface area contributed by atoms with Crippen LogP contribution >= 0.6 is 11.3 Å². The lowest BCUT2D eigenvalue weighted by Gasteiger charge is -2.36. The lowest BCUT2D eigenvalue weighted by Crippen LogP contribution is -2.43. The van der Waals surface area contributed by atoms with Gasteiger partial charge in [0, 0.05) is 36.1 Å². The first kappa shape index (κ1) is 21.2. The molecule has 1 amide bonds. The number of hydrogen-bond donors (Lipinski definition) is 1. The second kappa shape index (κ2) is 9.80. The van der Waals surface area contributed by atoms with Gasteiger partial charge in [0.2, 0.25) is 11.7 Å². The van der Waals surface area contributed by atoms with Crippen LogP contribution in [0.25, 0.3) is 6.08 Å². The zero-order valence-electron chi connectivity index (χ0n) is 17.0. The summed E-state index contributed by atoms with van der Waals surface area (Å²) in [5.41, 5.74) is 0.733. The molecular weight excluding hydrogens is 390 g/mol. The average Bonchev–Trinajstić information content (AvgIpc) is 3.31. The SMILES string of the molecule is COc1cc(/C=C/C(=O)NCC2(c3cccs3)CCOCC2)cc(OC)c1OC. The molecule has 1 N–H and O–H groups in total. The van der Waals surface area contributed by atoms with Crippen molar-refractivity contribution in [2.45, 2.75) is 18.3 Å². The molecule has 1 saturated heterocycles. The molecule has 0 saturated carbocycles. The molecule has 1 aliphatic rings. The highest BCUT2D eigenvalue weighted by Gasteiger charge is 2.35. The van der Waals surface area contributed by atoms with E-state index in [1.807, 2.05) is 0 Å². The lowest BCUT2D eigenvalue weighted by molar-refractivity contribution is -0.116. The highest BCUT2D eigenvalue weighted by molar-refractivity contribution is 7.10. The Hall–Kier alpha value is -2.51. The predicted octanol–water partition coefficient (Wildman–Crippen LogP) is 3.65. The van der Waals surface area contributed by atoms with Crippen molar-refractivity contribution in [2.24, 2.45) is 0 Å². The number of amides is 1. The molecule has 0 radical (unpaired) electrons. The molecule has 0 aliphatic carbocycles. The van der Waals surface area contributed by atoms with Crippen molar-refractivity contribution >= 4 is 23.3 Å². The zero-order chi connectivity index (χ0) is 20.7. The number of methoxy groups -OCH3 is 3. The molecule has 2 aromatic rings. The average molecular weight is 418 g/mol. The van der Waals surface area contributed by atoms with E-state index in [4.69, 9.17) is 18.9 Å². The Bertz CT molecular complexity index is 816. The summed E-state index contributed by atoms with van der Waals surface area (Å²) < 4.78 is 21.6. The maximum Gasteiger partial charge on any atom is 0.244 e. The van der Waals surface area contributed by atoms with Gasteiger partial charge in [-0.05, 0) is 48.1 Å². The van der Waals surface area contributed by atoms with Crippen molar-refractivity contribution in [3.05, 3.63) is 46.2 Å². The Balaban J connectivity index is 1.69. The minimum atomic E-state index is -0.138. The van der Waals surface area contributed by atoms with E-state index in [0.29, 0.717) is 23.8 Å². The third-order valence-corrected chi connectivity index (χ3v) is 6.33. The van der Waals surface area contributed by atoms with Gasteiger partial charge < -0.3 is 24.3 Å². The maximum atomic E-state index is 12.5. The van der Waals surface area contributed by atoms with Gasteiger partial charge in [0.1, 0.15) is 0 Å². The number of benzene rings is 1. The van der Waals surface area contributed by atoms with Crippen LogP contribution in [0.1, 0.15) is 23.3 Å². The summed E-state index contributed by atoms with van der Waals surface area (Å²) in [6.45, 7) is 2.03. The fraction of sp³-hybridized carbons (Fsp3) is 0.409. The number of thiophene rings is 1. The number of hydrogen-bond acceptors (Lipinski definition) is 6. The van der Waals surface area contributed by atoms with E-state index in [9.17, 15) is 4.79 Å².